The van der Waals surface area contributed by atoms with Crippen LogP contribution in [0.4, 0.5) is 0 Å². The number of para-hydroxylation sites is 3. The van der Waals surface area contributed by atoms with Crippen molar-refractivity contribution in [3.63, 3.8) is 0 Å². The van der Waals surface area contributed by atoms with Crippen LogP contribution < -0.4 is 0 Å². The van der Waals surface area contributed by atoms with Crippen molar-refractivity contribution < 1.29 is 0 Å². The number of benzene rings is 8. The third kappa shape index (κ3) is 5.06. The number of hydrogen-bond donors (Lipinski definition) is 0. The zero-order valence-corrected chi connectivity index (χ0v) is 30.3. The molecule has 56 heavy (non-hydrogen) atoms. The lowest BCUT2D eigenvalue weighted by molar-refractivity contribution is 0.954. The van der Waals surface area contributed by atoms with E-state index in [0.717, 1.165) is 71.9 Å². The Hall–Kier alpha value is -7.63. The molecular weight excluding hydrogens is 683 g/mol. The minimum atomic E-state index is 0.555. The molecule has 0 bridgehead atoms. The first-order valence-corrected chi connectivity index (χ1v) is 18.9. The number of rotatable bonds is 6. The summed E-state index contributed by atoms with van der Waals surface area (Å²) in [5.41, 5.74) is 11.6. The van der Waals surface area contributed by atoms with Gasteiger partial charge in [0.1, 0.15) is 0 Å². The van der Waals surface area contributed by atoms with Crippen molar-refractivity contribution in [2.24, 2.45) is 0 Å². The van der Waals surface area contributed by atoms with Gasteiger partial charge in [-0.1, -0.05) is 176 Å². The van der Waals surface area contributed by atoms with Gasteiger partial charge in [0, 0.05) is 38.4 Å². The molecule has 0 saturated heterocycles. The lowest BCUT2D eigenvalue weighted by Crippen LogP contribution is -2.08. The summed E-state index contributed by atoms with van der Waals surface area (Å²) < 4.78 is 4.65. The van der Waals surface area contributed by atoms with Gasteiger partial charge in [-0.15, -0.1) is 0 Å². The van der Waals surface area contributed by atoms with Crippen molar-refractivity contribution in [2.75, 3.05) is 0 Å². The molecule has 0 unspecified atom stereocenters. The molecule has 0 aliphatic rings. The van der Waals surface area contributed by atoms with E-state index in [2.05, 4.69) is 197 Å². The van der Waals surface area contributed by atoms with E-state index in [1.54, 1.807) is 0 Å². The molecule has 3 heterocycles. The summed E-state index contributed by atoms with van der Waals surface area (Å²) in [6.07, 6.45) is 0. The van der Waals surface area contributed by atoms with Crippen molar-refractivity contribution >= 4 is 43.6 Å². The topological polar surface area (TPSA) is 48.5 Å². The van der Waals surface area contributed by atoms with E-state index < -0.39 is 0 Å². The van der Waals surface area contributed by atoms with Crippen LogP contribution in [0.25, 0.3) is 100 Å². The zero-order valence-electron chi connectivity index (χ0n) is 30.3. The van der Waals surface area contributed by atoms with Crippen LogP contribution in [0.1, 0.15) is 0 Å². The van der Waals surface area contributed by atoms with Crippen LogP contribution in [0.5, 0.6) is 0 Å². The molecule has 0 spiro atoms. The van der Waals surface area contributed by atoms with Crippen molar-refractivity contribution in [3.8, 4) is 56.7 Å². The van der Waals surface area contributed by atoms with Crippen molar-refractivity contribution in [3.05, 3.63) is 200 Å². The summed E-state index contributed by atoms with van der Waals surface area (Å²) in [6, 6.07) is 70.1. The van der Waals surface area contributed by atoms with Crippen LogP contribution in [0.3, 0.4) is 0 Å². The normalized spacial score (nSPS) is 11.6. The highest BCUT2D eigenvalue weighted by Crippen LogP contribution is 2.42. The van der Waals surface area contributed by atoms with E-state index in [0.29, 0.717) is 17.6 Å². The average molecular weight is 716 g/mol. The summed E-state index contributed by atoms with van der Waals surface area (Å²) in [6.45, 7) is 0. The van der Waals surface area contributed by atoms with Crippen molar-refractivity contribution in [2.45, 2.75) is 0 Å². The highest BCUT2D eigenvalue weighted by atomic mass is 15.2. The molecule has 3 aromatic heterocycles. The highest BCUT2D eigenvalue weighted by Gasteiger charge is 2.24. The summed E-state index contributed by atoms with van der Waals surface area (Å²) in [7, 11) is 0. The molecule has 5 heteroatoms. The largest absolute Gasteiger partial charge is 0.307 e. The summed E-state index contributed by atoms with van der Waals surface area (Å²) in [5.74, 6) is 1.77. The molecule has 0 saturated carbocycles. The van der Waals surface area contributed by atoms with Crippen LogP contribution in [0.2, 0.25) is 0 Å². The van der Waals surface area contributed by atoms with Crippen LogP contribution >= 0.6 is 0 Å². The Bertz CT molecular complexity index is 3130. The average Bonchev–Trinajstić information content (AvgIpc) is 3.80. The molecule has 0 radical (unpaired) electrons. The van der Waals surface area contributed by atoms with E-state index >= 15 is 0 Å². The molecule has 8 aromatic carbocycles. The molecular formula is C51H33N5. The quantitative estimate of drug-likeness (QED) is 0.172. The smallest absolute Gasteiger partial charge is 0.238 e. The molecule has 0 N–H and O–H groups in total. The predicted molar refractivity (Wildman–Crippen MR) is 230 cm³/mol. The fraction of sp³-hybridized carbons (Fsp3) is 0. The first kappa shape index (κ1) is 31.9. The lowest BCUT2D eigenvalue weighted by Gasteiger charge is -2.15. The molecule has 11 rings (SSSR count). The molecule has 0 atom stereocenters. The number of nitrogens with zero attached hydrogens (tertiary/aromatic N) is 5. The lowest BCUT2D eigenvalue weighted by atomic mass is 9.98. The van der Waals surface area contributed by atoms with Crippen LogP contribution in [-0.4, -0.2) is 24.1 Å². The summed E-state index contributed by atoms with van der Waals surface area (Å²) in [5, 5.41) is 4.62. The van der Waals surface area contributed by atoms with E-state index in [-0.39, 0.29) is 0 Å². The Balaban J connectivity index is 1.29. The minimum absolute atomic E-state index is 0.555. The fourth-order valence-electron chi connectivity index (χ4n) is 8.35. The Labute approximate surface area is 323 Å². The van der Waals surface area contributed by atoms with Gasteiger partial charge in [0.25, 0.3) is 0 Å². The highest BCUT2D eigenvalue weighted by molar-refractivity contribution is 6.23. The van der Waals surface area contributed by atoms with Gasteiger partial charge >= 0.3 is 0 Å². The Morgan fingerprint density at radius 2 is 0.679 bits per heavy atom. The van der Waals surface area contributed by atoms with E-state index in [1.807, 2.05) is 12.1 Å². The molecule has 0 fully saturated rings. The predicted octanol–water partition coefficient (Wildman–Crippen LogP) is 12.7. The van der Waals surface area contributed by atoms with Gasteiger partial charge in [0.15, 0.2) is 11.6 Å². The van der Waals surface area contributed by atoms with Gasteiger partial charge in [0.2, 0.25) is 5.95 Å². The zero-order chi connectivity index (χ0) is 37.0. The number of fused-ring (bicyclic) bond motifs is 7. The molecule has 0 aliphatic carbocycles. The van der Waals surface area contributed by atoms with E-state index in [9.17, 15) is 0 Å². The standard InChI is InChI=1S/C51H33N5/c1-4-18-34(19-5-1)37-24-10-12-28-43(37)49-52-50(44-29-13-11-25-38(44)35-20-6-2-7-21-35)54-51(53-49)56-46-31-17-15-27-40(46)42-33-32-41-39-26-14-16-30-45(39)55(47(41)48(42)56)36-22-8-3-9-23-36/h1-33H. The monoisotopic (exact) mass is 715 g/mol. The minimum Gasteiger partial charge on any atom is -0.307 e. The van der Waals surface area contributed by atoms with Gasteiger partial charge in [-0.2, -0.15) is 9.97 Å². The Kier molecular flexibility index (Phi) is 7.42. The maximum atomic E-state index is 5.46. The van der Waals surface area contributed by atoms with E-state index in [1.165, 1.54) is 10.8 Å². The van der Waals surface area contributed by atoms with Crippen LogP contribution in [-0.2, 0) is 0 Å². The van der Waals surface area contributed by atoms with Gasteiger partial charge in [0.05, 0.1) is 22.1 Å². The van der Waals surface area contributed by atoms with E-state index in [4.69, 9.17) is 15.0 Å². The SMILES string of the molecule is c1ccc(-c2ccccc2-c2nc(-c3ccccc3-c3ccccc3)nc(-n3c4ccccc4c4ccc5c6ccccc6n(-c6ccccc6)c5c43)n2)cc1. The van der Waals surface area contributed by atoms with Crippen LogP contribution in [0, 0.1) is 0 Å². The first-order chi connectivity index (χ1) is 27.8. The van der Waals surface area contributed by atoms with Gasteiger partial charge in [-0.05, 0) is 46.5 Å². The number of hydrogen-bond acceptors (Lipinski definition) is 3. The maximum absolute atomic E-state index is 5.46. The molecule has 0 aliphatic heterocycles. The van der Waals surface area contributed by atoms with Gasteiger partial charge in [-0.3, -0.25) is 4.57 Å². The number of aromatic nitrogens is 5. The summed E-state index contributed by atoms with van der Waals surface area (Å²) in [4.78, 5) is 16.2. The van der Waals surface area contributed by atoms with Gasteiger partial charge < -0.3 is 4.57 Å². The molecule has 0 amide bonds. The first-order valence-electron chi connectivity index (χ1n) is 18.9. The summed E-state index contributed by atoms with van der Waals surface area (Å²) >= 11 is 0. The van der Waals surface area contributed by atoms with Crippen LogP contribution in [0.15, 0.2) is 200 Å². The second-order valence-electron chi connectivity index (χ2n) is 14.0. The second kappa shape index (κ2) is 13.0. The Morgan fingerprint density at radius 3 is 1.20 bits per heavy atom. The molecule has 262 valence electrons. The molecule has 11 aromatic rings. The molecule has 5 nitrogen and oxygen atoms in total. The second-order valence-corrected chi connectivity index (χ2v) is 14.0. The fourth-order valence-corrected chi connectivity index (χ4v) is 8.35. The van der Waals surface area contributed by atoms with Crippen molar-refractivity contribution in [1.82, 2.24) is 24.1 Å². The van der Waals surface area contributed by atoms with Gasteiger partial charge in [-0.25, -0.2) is 4.98 Å². The Morgan fingerprint density at radius 1 is 0.286 bits per heavy atom. The maximum Gasteiger partial charge on any atom is 0.238 e. The third-order valence-electron chi connectivity index (χ3n) is 10.8. The third-order valence-corrected chi connectivity index (χ3v) is 10.8. The van der Waals surface area contributed by atoms with Crippen molar-refractivity contribution in [1.29, 1.82) is 0 Å².